The number of aryl methyl sites for hydroxylation is 2. The van der Waals surface area contributed by atoms with E-state index < -0.39 is 10.0 Å². The van der Waals surface area contributed by atoms with Gasteiger partial charge in [0.05, 0.1) is 5.75 Å². The van der Waals surface area contributed by atoms with Crippen LogP contribution in [0.4, 0.5) is 5.82 Å². The van der Waals surface area contributed by atoms with Crippen molar-refractivity contribution in [1.82, 2.24) is 14.3 Å². The Morgan fingerprint density at radius 2 is 1.90 bits per heavy atom. The molecule has 0 unspecified atom stereocenters. The molecule has 1 fully saturated rings. The molecule has 1 aliphatic rings. The van der Waals surface area contributed by atoms with Crippen molar-refractivity contribution < 1.29 is 8.42 Å². The topological polar surface area (TPSA) is 75.2 Å². The summed E-state index contributed by atoms with van der Waals surface area (Å²) in [7, 11) is -3.02. The van der Waals surface area contributed by atoms with E-state index in [-0.39, 0.29) is 5.75 Å². The van der Waals surface area contributed by atoms with Crippen LogP contribution < -0.4 is 5.32 Å². The van der Waals surface area contributed by atoms with E-state index in [4.69, 9.17) is 0 Å². The van der Waals surface area contributed by atoms with Gasteiger partial charge in [0.2, 0.25) is 10.0 Å². The molecule has 0 amide bonds. The molecule has 2 rings (SSSR count). The van der Waals surface area contributed by atoms with Crippen LogP contribution in [0.15, 0.2) is 0 Å². The van der Waals surface area contributed by atoms with Crippen molar-refractivity contribution in [3.05, 3.63) is 17.1 Å². The maximum Gasteiger partial charge on any atom is 0.213 e. The van der Waals surface area contributed by atoms with Gasteiger partial charge in [-0.25, -0.2) is 22.7 Å². The maximum atomic E-state index is 11.6. The van der Waals surface area contributed by atoms with E-state index in [0.29, 0.717) is 19.0 Å². The lowest BCUT2D eigenvalue weighted by Gasteiger charge is -2.38. The fraction of sp³-hybridized carbons (Fsp3) is 0.692. The molecular weight excluding hydrogens is 276 g/mol. The molecule has 0 atom stereocenters. The van der Waals surface area contributed by atoms with Gasteiger partial charge in [0.1, 0.15) is 11.6 Å². The first-order valence-corrected chi connectivity index (χ1v) is 8.48. The molecule has 0 aromatic carbocycles. The van der Waals surface area contributed by atoms with Gasteiger partial charge in [0.25, 0.3) is 0 Å². The van der Waals surface area contributed by atoms with Crippen molar-refractivity contribution in [1.29, 1.82) is 0 Å². The summed E-state index contributed by atoms with van der Waals surface area (Å²) in [5, 5.41) is 3.31. The normalized spacial score (nSPS) is 17.0. The van der Waals surface area contributed by atoms with E-state index in [2.05, 4.69) is 15.3 Å². The van der Waals surface area contributed by atoms with Crippen molar-refractivity contribution >= 4 is 15.8 Å². The monoisotopic (exact) mass is 298 g/mol. The van der Waals surface area contributed by atoms with Crippen LogP contribution in [-0.2, 0) is 10.0 Å². The molecule has 0 aliphatic carbocycles. The second-order valence-electron chi connectivity index (χ2n) is 5.29. The molecule has 1 aromatic heterocycles. The van der Waals surface area contributed by atoms with E-state index in [1.54, 1.807) is 11.2 Å². The highest BCUT2D eigenvalue weighted by Gasteiger charge is 2.34. The summed E-state index contributed by atoms with van der Waals surface area (Å²) in [5.41, 5.74) is 2.02. The minimum absolute atomic E-state index is 0.177. The van der Waals surface area contributed by atoms with Crippen molar-refractivity contribution in [3.63, 3.8) is 0 Å². The van der Waals surface area contributed by atoms with Crippen LogP contribution in [0.2, 0.25) is 0 Å². The van der Waals surface area contributed by atoms with E-state index in [1.807, 2.05) is 20.8 Å². The molecule has 6 nitrogen and oxygen atoms in total. The average molecular weight is 298 g/mol. The number of sulfonamides is 1. The van der Waals surface area contributed by atoms with E-state index >= 15 is 0 Å². The molecule has 2 heterocycles. The SMILES string of the molecule is CCS(=O)(=O)N1CC(CNc2nc(C)nc(C)c2C)C1. The van der Waals surface area contributed by atoms with Gasteiger partial charge < -0.3 is 5.32 Å². The summed E-state index contributed by atoms with van der Waals surface area (Å²) in [6.45, 7) is 9.45. The van der Waals surface area contributed by atoms with Crippen LogP contribution in [0.25, 0.3) is 0 Å². The van der Waals surface area contributed by atoms with Crippen LogP contribution in [0.3, 0.4) is 0 Å². The molecule has 0 radical (unpaired) electrons. The molecule has 1 N–H and O–H groups in total. The standard InChI is InChI=1S/C13H22N4O2S/c1-5-20(18,19)17-7-12(8-17)6-14-13-9(2)10(3)15-11(4)16-13/h12H,5-8H2,1-4H3,(H,14,15,16). The highest BCUT2D eigenvalue weighted by atomic mass is 32.2. The molecular formula is C13H22N4O2S. The van der Waals surface area contributed by atoms with Crippen LogP contribution in [0.1, 0.15) is 24.0 Å². The molecule has 20 heavy (non-hydrogen) atoms. The zero-order valence-corrected chi connectivity index (χ0v) is 13.3. The second-order valence-corrected chi connectivity index (χ2v) is 7.55. The Morgan fingerprint density at radius 3 is 2.50 bits per heavy atom. The molecule has 0 bridgehead atoms. The summed E-state index contributed by atoms with van der Waals surface area (Å²) in [6, 6.07) is 0. The van der Waals surface area contributed by atoms with E-state index in [1.165, 1.54) is 0 Å². The third-order valence-electron chi connectivity index (χ3n) is 3.74. The average Bonchev–Trinajstić information content (AvgIpc) is 2.32. The van der Waals surface area contributed by atoms with Crippen LogP contribution in [0, 0.1) is 26.7 Å². The first-order valence-electron chi connectivity index (χ1n) is 6.87. The lowest BCUT2D eigenvalue weighted by atomic mass is 10.0. The first-order chi connectivity index (χ1) is 9.33. The number of nitrogens with zero attached hydrogens (tertiary/aromatic N) is 3. The molecule has 0 saturated carbocycles. The van der Waals surface area contributed by atoms with Gasteiger partial charge in [-0.2, -0.15) is 0 Å². The number of hydrogen-bond donors (Lipinski definition) is 1. The number of nitrogens with one attached hydrogen (secondary N) is 1. The Bertz CT molecular complexity index is 595. The second kappa shape index (κ2) is 5.65. The largest absolute Gasteiger partial charge is 0.369 e. The van der Waals surface area contributed by atoms with Crippen molar-refractivity contribution in [3.8, 4) is 0 Å². The van der Waals surface area contributed by atoms with Gasteiger partial charge in [-0.15, -0.1) is 0 Å². The Morgan fingerprint density at radius 1 is 1.25 bits per heavy atom. The van der Waals surface area contributed by atoms with E-state index in [9.17, 15) is 8.42 Å². The summed E-state index contributed by atoms with van der Waals surface area (Å²) < 4.78 is 24.8. The fourth-order valence-electron chi connectivity index (χ4n) is 2.24. The van der Waals surface area contributed by atoms with Crippen LogP contribution in [0.5, 0.6) is 0 Å². The summed E-state index contributed by atoms with van der Waals surface area (Å²) >= 11 is 0. The quantitative estimate of drug-likeness (QED) is 0.881. The van der Waals surface area contributed by atoms with Gasteiger partial charge >= 0.3 is 0 Å². The van der Waals surface area contributed by atoms with Crippen molar-refractivity contribution in [2.75, 3.05) is 30.7 Å². The van der Waals surface area contributed by atoms with Gasteiger partial charge in [-0.3, -0.25) is 0 Å². The molecule has 0 spiro atoms. The Labute approximate surface area is 120 Å². The van der Waals surface area contributed by atoms with Gasteiger partial charge in [-0.1, -0.05) is 0 Å². The zero-order chi connectivity index (χ0) is 14.9. The fourth-order valence-corrected chi connectivity index (χ4v) is 3.48. The maximum absolute atomic E-state index is 11.6. The minimum atomic E-state index is -3.02. The lowest BCUT2D eigenvalue weighted by molar-refractivity contribution is 0.212. The summed E-state index contributed by atoms with van der Waals surface area (Å²) in [4.78, 5) is 8.71. The van der Waals surface area contributed by atoms with Crippen LogP contribution >= 0.6 is 0 Å². The first kappa shape index (κ1) is 15.2. The Kier molecular flexibility index (Phi) is 4.29. The Balaban J connectivity index is 1.90. The van der Waals surface area contributed by atoms with Crippen molar-refractivity contribution in [2.45, 2.75) is 27.7 Å². The minimum Gasteiger partial charge on any atom is -0.369 e. The lowest BCUT2D eigenvalue weighted by Crippen LogP contribution is -2.52. The van der Waals surface area contributed by atoms with Gasteiger partial charge in [0.15, 0.2) is 0 Å². The highest BCUT2D eigenvalue weighted by Crippen LogP contribution is 2.21. The molecule has 1 aliphatic heterocycles. The summed E-state index contributed by atoms with van der Waals surface area (Å²) in [5.74, 6) is 2.13. The molecule has 1 saturated heterocycles. The smallest absolute Gasteiger partial charge is 0.213 e. The third-order valence-corrected chi connectivity index (χ3v) is 5.56. The number of rotatable bonds is 5. The van der Waals surface area contributed by atoms with E-state index in [0.717, 1.165) is 29.4 Å². The molecule has 112 valence electrons. The van der Waals surface area contributed by atoms with Crippen LogP contribution in [-0.4, -0.2) is 48.1 Å². The number of anilines is 1. The number of hydrogen-bond acceptors (Lipinski definition) is 5. The molecule has 1 aromatic rings. The van der Waals surface area contributed by atoms with Gasteiger partial charge in [-0.05, 0) is 27.7 Å². The predicted octanol–water partition coefficient (Wildman–Crippen LogP) is 1.10. The van der Waals surface area contributed by atoms with Gasteiger partial charge in [0, 0.05) is 36.8 Å². The third kappa shape index (κ3) is 3.09. The highest BCUT2D eigenvalue weighted by molar-refractivity contribution is 7.89. The zero-order valence-electron chi connectivity index (χ0n) is 12.5. The Hall–Kier alpha value is -1.21. The predicted molar refractivity (Wildman–Crippen MR) is 79.3 cm³/mol. The number of aromatic nitrogens is 2. The molecule has 7 heteroatoms. The van der Waals surface area contributed by atoms with Crippen molar-refractivity contribution in [2.24, 2.45) is 5.92 Å². The summed E-state index contributed by atoms with van der Waals surface area (Å²) in [6.07, 6.45) is 0.